The Morgan fingerprint density at radius 3 is 2.66 bits per heavy atom. The van der Waals surface area contributed by atoms with Crippen LogP contribution >= 0.6 is 27.0 Å². The van der Waals surface area contributed by atoms with Crippen molar-refractivity contribution in [3.63, 3.8) is 0 Å². The molecule has 0 bridgehead atoms. The highest BCUT2D eigenvalue weighted by Crippen LogP contribution is 2.29. The third kappa shape index (κ3) is 5.43. The van der Waals surface area contributed by atoms with Crippen LogP contribution in [0, 0.1) is 5.92 Å². The number of carbonyl (C=O) groups is 1. The minimum atomic E-state index is -0.553. The Balaban J connectivity index is 0.00000150. The predicted octanol–water partition coefficient (Wildman–Crippen LogP) is 3.03. The Hall–Kier alpha value is -2.23. The Bertz CT molecular complexity index is 921. The van der Waals surface area contributed by atoms with Crippen LogP contribution in [-0.4, -0.2) is 32.0 Å². The molecule has 0 unspecified atom stereocenters. The first kappa shape index (κ1) is 23.1. The summed E-state index contributed by atoms with van der Waals surface area (Å²) < 4.78 is 7.05. The molecule has 9 heteroatoms. The van der Waals surface area contributed by atoms with Crippen molar-refractivity contribution in [2.24, 2.45) is 5.92 Å². The van der Waals surface area contributed by atoms with Gasteiger partial charge < -0.3 is 14.9 Å². The quantitative estimate of drug-likeness (QED) is 0.622. The molecule has 0 spiro atoms. The lowest BCUT2D eigenvalue weighted by Gasteiger charge is -2.35. The summed E-state index contributed by atoms with van der Waals surface area (Å²) in [5, 5.41) is 20.9. The van der Waals surface area contributed by atoms with Crippen molar-refractivity contribution in [2.75, 3.05) is 0 Å². The van der Waals surface area contributed by atoms with Gasteiger partial charge in [-0.3, -0.25) is 9.48 Å². The molecule has 7 nitrogen and oxygen atoms in total. The van der Waals surface area contributed by atoms with Gasteiger partial charge in [-0.25, -0.2) is 0 Å². The molecule has 3 aromatic rings. The fourth-order valence-electron chi connectivity index (χ4n) is 3.35. The first-order chi connectivity index (χ1) is 13.1. The molecule has 1 saturated carbocycles. The van der Waals surface area contributed by atoms with Crippen molar-refractivity contribution < 1.29 is 14.4 Å². The van der Waals surface area contributed by atoms with Crippen molar-refractivity contribution in [2.45, 2.75) is 38.5 Å². The summed E-state index contributed by atoms with van der Waals surface area (Å²) >= 11 is 0. The van der Waals surface area contributed by atoms with Gasteiger partial charge >= 0.3 is 0 Å². The standard InChI is InChI=1S/C20H22N4O3.2H2S/c1-13(25)17-7-8-24(22-17)12-14-9-16(10-14)21-20(26)19-11-18(23-27-19)15-5-3-2-4-6-15;;/h2-8,11,13-14,16,25H,9-10,12H2,1H3,(H,21,26);2*1H2/t13-,14?,16?;;/m0../s1. The zero-order valence-corrected chi connectivity index (χ0v) is 18.1. The van der Waals surface area contributed by atoms with E-state index in [4.69, 9.17) is 4.52 Å². The molecule has 0 radical (unpaired) electrons. The molecule has 2 heterocycles. The molecule has 1 aromatic carbocycles. The molecule has 2 aromatic heterocycles. The predicted molar refractivity (Wildman–Crippen MR) is 120 cm³/mol. The SMILES string of the molecule is C[C@H](O)c1ccn(CC2CC(NC(=O)c3cc(-c4ccccc4)no3)C2)n1.S.S. The number of aliphatic hydroxyl groups is 1. The molecule has 2 N–H and O–H groups in total. The maximum atomic E-state index is 12.3. The number of rotatable bonds is 6. The number of benzene rings is 1. The fourth-order valence-corrected chi connectivity index (χ4v) is 3.35. The second-order valence-electron chi connectivity index (χ2n) is 7.09. The molecule has 1 aliphatic carbocycles. The lowest BCUT2D eigenvalue weighted by molar-refractivity contribution is 0.0842. The van der Waals surface area contributed by atoms with Crippen LogP contribution in [0.3, 0.4) is 0 Å². The van der Waals surface area contributed by atoms with Crippen LogP contribution in [0.15, 0.2) is 53.2 Å². The van der Waals surface area contributed by atoms with E-state index >= 15 is 0 Å². The number of aromatic nitrogens is 3. The van der Waals surface area contributed by atoms with Crippen LogP contribution in [0.4, 0.5) is 0 Å². The van der Waals surface area contributed by atoms with Crippen LogP contribution in [0.5, 0.6) is 0 Å². The number of nitrogens with zero attached hydrogens (tertiary/aromatic N) is 3. The van der Waals surface area contributed by atoms with E-state index in [1.54, 1.807) is 13.0 Å². The fraction of sp³-hybridized carbons (Fsp3) is 0.350. The number of hydrogen-bond acceptors (Lipinski definition) is 5. The van der Waals surface area contributed by atoms with Gasteiger partial charge in [-0.15, -0.1) is 0 Å². The van der Waals surface area contributed by atoms with E-state index in [1.165, 1.54) is 0 Å². The zero-order valence-electron chi connectivity index (χ0n) is 16.1. The van der Waals surface area contributed by atoms with Crippen LogP contribution < -0.4 is 5.32 Å². The summed E-state index contributed by atoms with van der Waals surface area (Å²) in [4.78, 5) is 12.3. The van der Waals surface area contributed by atoms with E-state index in [1.807, 2.05) is 47.3 Å². The van der Waals surface area contributed by atoms with Crippen LogP contribution in [0.1, 0.15) is 42.1 Å². The first-order valence-corrected chi connectivity index (χ1v) is 9.13. The number of amides is 1. The molecule has 156 valence electrons. The second-order valence-corrected chi connectivity index (χ2v) is 7.09. The van der Waals surface area contributed by atoms with Gasteiger partial charge in [0.05, 0.1) is 11.8 Å². The Labute approximate surface area is 183 Å². The summed E-state index contributed by atoms with van der Waals surface area (Å²) in [6.45, 7) is 2.49. The van der Waals surface area contributed by atoms with Gasteiger partial charge in [-0.05, 0) is 31.7 Å². The zero-order chi connectivity index (χ0) is 18.8. The molecule has 1 fully saturated rings. The van der Waals surface area contributed by atoms with Crippen LogP contribution in [-0.2, 0) is 6.54 Å². The molecular weight excluding hydrogens is 408 g/mol. The van der Waals surface area contributed by atoms with E-state index in [0.717, 1.165) is 24.9 Å². The van der Waals surface area contributed by atoms with E-state index < -0.39 is 6.10 Å². The van der Waals surface area contributed by atoms with Crippen molar-refractivity contribution in [1.82, 2.24) is 20.3 Å². The Morgan fingerprint density at radius 2 is 2.00 bits per heavy atom. The summed E-state index contributed by atoms with van der Waals surface area (Å²) in [5.74, 6) is 0.459. The normalized spacial score (nSPS) is 18.7. The monoisotopic (exact) mass is 434 g/mol. The summed E-state index contributed by atoms with van der Waals surface area (Å²) in [6.07, 6.45) is 3.13. The molecule has 1 atom stereocenters. The van der Waals surface area contributed by atoms with E-state index in [0.29, 0.717) is 17.3 Å². The average molecular weight is 435 g/mol. The maximum absolute atomic E-state index is 12.3. The van der Waals surface area contributed by atoms with Gasteiger partial charge in [0.25, 0.3) is 5.91 Å². The molecule has 4 rings (SSSR count). The summed E-state index contributed by atoms with van der Waals surface area (Å²) in [6, 6.07) is 13.3. The third-order valence-electron chi connectivity index (χ3n) is 4.91. The van der Waals surface area contributed by atoms with Crippen molar-refractivity contribution >= 4 is 32.9 Å². The Kier molecular flexibility index (Phi) is 7.95. The van der Waals surface area contributed by atoms with Gasteiger partial charge in [-0.1, -0.05) is 35.5 Å². The van der Waals surface area contributed by atoms with Crippen LogP contribution in [0.2, 0.25) is 0 Å². The molecule has 1 amide bonds. The highest BCUT2D eigenvalue weighted by atomic mass is 32.1. The van der Waals surface area contributed by atoms with Crippen molar-refractivity contribution in [3.8, 4) is 11.3 Å². The molecule has 0 saturated heterocycles. The molecule has 1 aliphatic rings. The maximum Gasteiger partial charge on any atom is 0.290 e. The van der Waals surface area contributed by atoms with Gasteiger partial charge in [-0.2, -0.15) is 32.1 Å². The number of aliphatic hydroxyl groups excluding tert-OH is 1. The lowest BCUT2D eigenvalue weighted by atomic mass is 9.80. The van der Waals surface area contributed by atoms with Gasteiger partial charge in [0.1, 0.15) is 5.69 Å². The van der Waals surface area contributed by atoms with Crippen molar-refractivity contribution in [1.29, 1.82) is 0 Å². The summed E-state index contributed by atoms with van der Waals surface area (Å²) in [5.41, 5.74) is 2.25. The largest absolute Gasteiger partial charge is 0.387 e. The third-order valence-corrected chi connectivity index (χ3v) is 4.91. The van der Waals surface area contributed by atoms with E-state index in [9.17, 15) is 9.90 Å². The van der Waals surface area contributed by atoms with Gasteiger partial charge in [0.2, 0.25) is 5.76 Å². The van der Waals surface area contributed by atoms with Gasteiger partial charge in [0.15, 0.2) is 0 Å². The molecular formula is C20H26N4O3S2. The van der Waals surface area contributed by atoms with E-state index in [2.05, 4.69) is 15.6 Å². The molecule has 29 heavy (non-hydrogen) atoms. The summed E-state index contributed by atoms with van der Waals surface area (Å²) in [7, 11) is 0. The minimum Gasteiger partial charge on any atom is -0.387 e. The van der Waals surface area contributed by atoms with Gasteiger partial charge in [0, 0.05) is 30.4 Å². The van der Waals surface area contributed by atoms with Crippen molar-refractivity contribution in [3.05, 3.63) is 60.1 Å². The lowest BCUT2D eigenvalue weighted by Crippen LogP contribution is -2.45. The minimum absolute atomic E-state index is 0. The van der Waals surface area contributed by atoms with Crippen LogP contribution in [0.25, 0.3) is 11.3 Å². The number of hydrogen-bond donors (Lipinski definition) is 2. The smallest absolute Gasteiger partial charge is 0.290 e. The second kappa shape index (κ2) is 10.00. The Morgan fingerprint density at radius 1 is 1.28 bits per heavy atom. The first-order valence-electron chi connectivity index (χ1n) is 9.13. The number of nitrogens with one attached hydrogen (secondary N) is 1. The number of carbonyl (C=O) groups excluding carboxylic acids is 1. The highest BCUT2D eigenvalue weighted by Gasteiger charge is 2.31. The van der Waals surface area contributed by atoms with E-state index in [-0.39, 0.29) is 44.7 Å². The topological polar surface area (TPSA) is 93.2 Å². The molecule has 0 aliphatic heterocycles. The average Bonchev–Trinajstić information content (AvgIpc) is 3.30. The highest BCUT2D eigenvalue weighted by molar-refractivity contribution is 7.59.